The molecule has 3 rings (SSSR count). The molecule has 3 atom stereocenters. The van der Waals surface area contributed by atoms with Crippen molar-refractivity contribution in [1.82, 2.24) is 10.2 Å². The van der Waals surface area contributed by atoms with Gasteiger partial charge in [0.15, 0.2) is 0 Å². The van der Waals surface area contributed by atoms with E-state index in [1.54, 1.807) is 18.7 Å². The van der Waals surface area contributed by atoms with E-state index < -0.39 is 18.0 Å². The Hall–Kier alpha value is -1.05. The SMILES string of the molecule is C[C@@H](O)[C@H]1C(=O)N2C(C(=O)O)=C(SC3CCNCC3)C[C@H]12. The second kappa shape index (κ2) is 5.62. The van der Waals surface area contributed by atoms with E-state index in [2.05, 4.69) is 5.32 Å². The van der Waals surface area contributed by atoms with Crippen molar-refractivity contribution >= 4 is 23.6 Å². The van der Waals surface area contributed by atoms with E-state index in [0.717, 1.165) is 30.8 Å². The summed E-state index contributed by atoms with van der Waals surface area (Å²) in [6.45, 7) is 3.50. The average molecular weight is 312 g/mol. The van der Waals surface area contributed by atoms with Crippen molar-refractivity contribution in [2.45, 2.75) is 43.6 Å². The van der Waals surface area contributed by atoms with Crippen LogP contribution in [0.25, 0.3) is 0 Å². The van der Waals surface area contributed by atoms with E-state index in [0.29, 0.717) is 11.7 Å². The Kier molecular flexibility index (Phi) is 3.98. The fraction of sp³-hybridized carbons (Fsp3) is 0.714. The molecule has 7 heteroatoms. The van der Waals surface area contributed by atoms with Gasteiger partial charge in [0.05, 0.1) is 18.1 Å². The molecule has 0 spiro atoms. The lowest BCUT2D eigenvalue weighted by Gasteiger charge is -2.44. The van der Waals surface area contributed by atoms with Gasteiger partial charge in [-0.05, 0) is 32.9 Å². The smallest absolute Gasteiger partial charge is 0.353 e. The highest BCUT2D eigenvalue weighted by atomic mass is 32.2. The molecule has 3 N–H and O–H groups in total. The van der Waals surface area contributed by atoms with Crippen LogP contribution in [0.15, 0.2) is 10.6 Å². The molecule has 2 saturated heterocycles. The van der Waals surface area contributed by atoms with Crippen molar-refractivity contribution in [3.8, 4) is 0 Å². The Morgan fingerprint density at radius 2 is 2.10 bits per heavy atom. The van der Waals surface area contributed by atoms with Gasteiger partial charge in [0.2, 0.25) is 5.91 Å². The van der Waals surface area contributed by atoms with Gasteiger partial charge in [0.25, 0.3) is 0 Å². The first kappa shape index (κ1) is 14.9. The van der Waals surface area contributed by atoms with E-state index in [1.165, 1.54) is 4.90 Å². The van der Waals surface area contributed by atoms with Crippen LogP contribution >= 0.6 is 11.8 Å². The van der Waals surface area contributed by atoms with Crippen LogP contribution in [-0.4, -0.2) is 57.5 Å². The summed E-state index contributed by atoms with van der Waals surface area (Å²) in [5.74, 6) is -1.75. The maximum absolute atomic E-state index is 12.1. The lowest BCUT2D eigenvalue weighted by Crippen LogP contribution is -2.61. The number of aliphatic hydroxyl groups excluding tert-OH is 1. The maximum atomic E-state index is 12.1. The minimum absolute atomic E-state index is 0.144. The highest BCUT2D eigenvalue weighted by molar-refractivity contribution is 8.03. The molecule has 0 aromatic heterocycles. The van der Waals surface area contributed by atoms with Crippen LogP contribution in [0.1, 0.15) is 26.2 Å². The van der Waals surface area contributed by atoms with Gasteiger partial charge >= 0.3 is 5.97 Å². The number of nitrogens with one attached hydrogen (secondary N) is 1. The highest BCUT2D eigenvalue weighted by Gasteiger charge is 2.56. The molecule has 21 heavy (non-hydrogen) atoms. The van der Waals surface area contributed by atoms with Crippen molar-refractivity contribution in [2.75, 3.05) is 13.1 Å². The largest absolute Gasteiger partial charge is 0.477 e. The Morgan fingerprint density at radius 1 is 1.43 bits per heavy atom. The van der Waals surface area contributed by atoms with E-state index in [1.807, 2.05) is 0 Å². The summed E-state index contributed by atoms with van der Waals surface area (Å²) in [4.78, 5) is 25.8. The zero-order valence-electron chi connectivity index (χ0n) is 11.9. The monoisotopic (exact) mass is 312 g/mol. The fourth-order valence-electron chi connectivity index (χ4n) is 3.45. The number of carbonyl (C=O) groups is 2. The predicted octanol–water partition coefficient (Wildman–Crippen LogP) is 0.379. The highest BCUT2D eigenvalue weighted by Crippen LogP contribution is 2.48. The van der Waals surface area contributed by atoms with Crippen LogP contribution in [-0.2, 0) is 9.59 Å². The van der Waals surface area contributed by atoms with Gasteiger partial charge in [0.1, 0.15) is 5.70 Å². The summed E-state index contributed by atoms with van der Waals surface area (Å²) in [5, 5.41) is 22.8. The van der Waals surface area contributed by atoms with Crippen LogP contribution in [0.3, 0.4) is 0 Å². The van der Waals surface area contributed by atoms with Gasteiger partial charge in [0, 0.05) is 16.6 Å². The molecule has 0 saturated carbocycles. The van der Waals surface area contributed by atoms with Crippen molar-refractivity contribution in [3.05, 3.63) is 10.6 Å². The normalized spacial score (nSPS) is 31.1. The first-order valence-electron chi connectivity index (χ1n) is 7.35. The third-order valence-electron chi connectivity index (χ3n) is 4.49. The Morgan fingerprint density at radius 3 is 2.67 bits per heavy atom. The van der Waals surface area contributed by atoms with Crippen molar-refractivity contribution < 1.29 is 19.8 Å². The number of amides is 1. The third-order valence-corrected chi connectivity index (χ3v) is 5.93. The number of carbonyl (C=O) groups excluding carboxylic acids is 1. The summed E-state index contributed by atoms with van der Waals surface area (Å²) in [6, 6.07) is -0.173. The number of piperidine rings is 1. The minimum Gasteiger partial charge on any atom is -0.477 e. The maximum Gasteiger partial charge on any atom is 0.353 e. The van der Waals surface area contributed by atoms with Gasteiger partial charge in [-0.15, -0.1) is 11.8 Å². The lowest BCUT2D eigenvalue weighted by atomic mass is 9.83. The van der Waals surface area contributed by atoms with Crippen molar-refractivity contribution in [1.29, 1.82) is 0 Å². The van der Waals surface area contributed by atoms with E-state index in [-0.39, 0.29) is 17.6 Å². The topological polar surface area (TPSA) is 89.9 Å². The molecular formula is C14H20N2O4S. The fourth-order valence-corrected chi connectivity index (χ4v) is 4.89. The molecule has 0 aromatic carbocycles. The van der Waals surface area contributed by atoms with Gasteiger partial charge in [-0.3, -0.25) is 4.79 Å². The summed E-state index contributed by atoms with van der Waals surface area (Å²) in [5.41, 5.74) is 0.144. The summed E-state index contributed by atoms with van der Waals surface area (Å²) >= 11 is 1.61. The Labute approximate surface area is 127 Å². The molecular weight excluding hydrogens is 292 g/mol. The minimum atomic E-state index is -1.04. The molecule has 6 nitrogen and oxygen atoms in total. The molecule has 3 heterocycles. The number of rotatable bonds is 4. The predicted molar refractivity (Wildman–Crippen MR) is 78.6 cm³/mol. The number of nitrogens with zero attached hydrogens (tertiary/aromatic N) is 1. The van der Waals surface area contributed by atoms with Crippen molar-refractivity contribution in [3.63, 3.8) is 0 Å². The third kappa shape index (κ3) is 2.47. The zero-order chi connectivity index (χ0) is 15.1. The lowest BCUT2D eigenvalue weighted by molar-refractivity contribution is -0.161. The molecule has 0 aliphatic carbocycles. The number of hydrogen-bond donors (Lipinski definition) is 3. The Balaban J connectivity index is 1.79. The second-order valence-electron chi connectivity index (χ2n) is 5.89. The molecule has 2 fully saturated rings. The second-order valence-corrected chi connectivity index (χ2v) is 7.29. The van der Waals surface area contributed by atoms with Crippen LogP contribution in [0, 0.1) is 5.92 Å². The number of fused-ring (bicyclic) bond motifs is 1. The van der Waals surface area contributed by atoms with E-state index in [4.69, 9.17) is 0 Å². The first-order chi connectivity index (χ1) is 10.0. The molecule has 1 amide bonds. The van der Waals surface area contributed by atoms with E-state index >= 15 is 0 Å². The van der Waals surface area contributed by atoms with Crippen LogP contribution in [0.4, 0.5) is 0 Å². The molecule has 0 bridgehead atoms. The van der Waals surface area contributed by atoms with Crippen LogP contribution in [0.5, 0.6) is 0 Å². The number of hydrogen-bond acceptors (Lipinski definition) is 5. The van der Waals surface area contributed by atoms with Crippen molar-refractivity contribution in [2.24, 2.45) is 5.92 Å². The molecule has 0 aromatic rings. The van der Waals surface area contributed by atoms with Crippen LogP contribution < -0.4 is 5.32 Å². The van der Waals surface area contributed by atoms with Gasteiger partial charge in [-0.25, -0.2) is 4.79 Å². The molecule has 3 aliphatic rings. The summed E-state index contributed by atoms with van der Waals surface area (Å²) in [6.07, 6.45) is 1.87. The van der Waals surface area contributed by atoms with E-state index in [9.17, 15) is 19.8 Å². The first-order valence-corrected chi connectivity index (χ1v) is 8.23. The number of carboxylic acid groups (broad SMARTS) is 1. The van der Waals surface area contributed by atoms with Gasteiger partial charge in [-0.1, -0.05) is 0 Å². The quantitative estimate of drug-likeness (QED) is 0.650. The number of β-lactam (4-membered cyclic amide) rings is 1. The van der Waals surface area contributed by atoms with Gasteiger partial charge < -0.3 is 20.4 Å². The molecule has 0 unspecified atom stereocenters. The average Bonchev–Trinajstić information content (AvgIpc) is 2.74. The molecule has 3 aliphatic heterocycles. The number of thioether (sulfide) groups is 1. The van der Waals surface area contributed by atoms with Gasteiger partial charge in [-0.2, -0.15) is 0 Å². The summed E-state index contributed by atoms with van der Waals surface area (Å²) < 4.78 is 0. The molecule has 0 radical (unpaired) electrons. The number of aliphatic hydroxyl groups is 1. The summed E-state index contributed by atoms with van der Waals surface area (Å²) in [7, 11) is 0. The molecule has 116 valence electrons. The number of carboxylic acids is 1. The standard InChI is InChI=1S/C14H20N2O4S/c1-7(17)11-9-6-10(21-8-2-4-15-5-3-8)12(14(19)20)16(9)13(11)18/h7-9,11,15,17H,2-6H2,1H3,(H,19,20)/t7-,9-,11-/m1/s1. The Bertz CT molecular complexity index is 499. The zero-order valence-corrected chi connectivity index (χ0v) is 12.7. The van der Waals surface area contributed by atoms with Crippen LogP contribution in [0.2, 0.25) is 0 Å². The number of aliphatic carboxylic acids is 1.